The van der Waals surface area contributed by atoms with Gasteiger partial charge in [-0.2, -0.15) is 0 Å². The fourth-order valence-electron chi connectivity index (χ4n) is 2.77. The molecule has 0 aliphatic heterocycles. The summed E-state index contributed by atoms with van der Waals surface area (Å²) in [5.74, 6) is -0.356. The van der Waals surface area contributed by atoms with Gasteiger partial charge in [0, 0.05) is 16.5 Å². The molecule has 0 radical (unpaired) electrons. The number of nitrogens with one attached hydrogen (secondary N) is 1. The molecule has 5 nitrogen and oxygen atoms in total. The lowest BCUT2D eigenvalue weighted by atomic mass is 9.86. The van der Waals surface area contributed by atoms with E-state index in [9.17, 15) is 9.59 Å². The van der Waals surface area contributed by atoms with Gasteiger partial charge in [0.2, 0.25) is 5.91 Å². The first-order chi connectivity index (χ1) is 13.0. The van der Waals surface area contributed by atoms with Crippen LogP contribution in [0.25, 0.3) is 0 Å². The molecular formula is C22H31N3O2S. The third-order valence-electron chi connectivity index (χ3n) is 4.97. The number of amides is 2. The van der Waals surface area contributed by atoms with E-state index >= 15 is 0 Å². The van der Waals surface area contributed by atoms with Gasteiger partial charge in [-0.1, -0.05) is 39.8 Å². The van der Waals surface area contributed by atoms with E-state index in [1.807, 2.05) is 52.0 Å². The Morgan fingerprint density at radius 2 is 1.79 bits per heavy atom. The fraction of sp³-hybridized carbons (Fsp3) is 0.500. The molecule has 2 amide bonds. The number of thiazole rings is 1. The molecule has 0 saturated heterocycles. The van der Waals surface area contributed by atoms with Gasteiger partial charge in [0.05, 0.1) is 5.69 Å². The van der Waals surface area contributed by atoms with Crippen molar-refractivity contribution in [3.05, 3.63) is 46.0 Å². The van der Waals surface area contributed by atoms with Gasteiger partial charge in [-0.25, -0.2) is 4.98 Å². The summed E-state index contributed by atoms with van der Waals surface area (Å²) < 4.78 is 0. The van der Waals surface area contributed by atoms with Crippen molar-refractivity contribution in [2.75, 3.05) is 11.9 Å². The highest BCUT2D eigenvalue weighted by molar-refractivity contribution is 7.15. The molecule has 1 aromatic carbocycles. The number of nitrogens with zero attached hydrogens (tertiary/aromatic N) is 2. The molecule has 0 aliphatic carbocycles. The zero-order valence-electron chi connectivity index (χ0n) is 17.9. The topological polar surface area (TPSA) is 62.3 Å². The maximum Gasteiger partial charge on any atom is 0.254 e. The van der Waals surface area contributed by atoms with Crippen LogP contribution in [0.15, 0.2) is 24.3 Å². The molecule has 0 fully saturated rings. The maximum atomic E-state index is 13.1. The van der Waals surface area contributed by atoms with Gasteiger partial charge in [0.1, 0.15) is 6.54 Å². The van der Waals surface area contributed by atoms with Gasteiger partial charge >= 0.3 is 0 Å². The monoisotopic (exact) mass is 401 g/mol. The van der Waals surface area contributed by atoms with Gasteiger partial charge in [0.15, 0.2) is 5.13 Å². The first kappa shape index (κ1) is 22.1. The average Bonchev–Trinajstić information content (AvgIpc) is 2.95. The molecule has 28 heavy (non-hydrogen) atoms. The second-order valence-electron chi connectivity index (χ2n) is 8.23. The number of anilines is 1. The zero-order valence-corrected chi connectivity index (χ0v) is 18.7. The van der Waals surface area contributed by atoms with Crippen LogP contribution < -0.4 is 5.32 Å². The quantitative estimate of drug-likeness (QED) is 0.746. The van der Waals surface area contributed by atoms with E-state index in [0.717, 1.165) is 17.0 Å². The number of carbonyl (C=O) groups is 2. The number of hydrogen-bond acceptors (Lipinski definition) is 4. The molecule has 0 aliphatic rings. The summed E-state index contributed by atoms with van der Waals surface area (Å²) in [5, 5.41) is 3.40. The zero-order chi connectivity index (χ0) is 21.1. The summed E-state index contributed by atoms with van der Waals surface area (Å²) in [6.45, 7) is 14.3. The van der Waals surface area contributed by atoms with Crippen molar-refractivity contribution in [1.82, 2.24) is 9.88 Å². The molecule has 2 rings (SSSR count). The molecule has 1 N–H and O–H groups in total. The predicted molar refractivity (Wildman–Crippen MR) is 116 cm³/mol. The normalized spacial score (nSPS) is 12.5. The van der Waals surface area contributed by atoms with Crippen LogP contribution in [-0.4, -0.2) is 34.3 Å². The van der Waals surface area contributed by atoms with Crippen LogP contribution in [0.3, 0.4) is 0 Å². The third-order valence-corrected chi connectivity index (χ3v) is 5.96. The molecule has 0 bridgehead atoms. The van der Waals surface area contributed by atoms with Crippen molar-refractivity contribution in [2.24, 2.45) is 0 Å². The molecule has 1 heterocycles. The van der Waals surface area contributed by atoms with Crippen LogP contribution in [-0.2, 0) is 10.2 Å². The Bertz CT molecular complexity index is 815. The van der Waals surface area contributed by atoms with Crippen molar-refractivity contribution in [2.45, 2.75) is 66.3 Å². The van der Waals surface area contributed by atoms with Crippen molar-refractivity contribution >= 4 is 28.3 Å². The smallest absolute Gasteiger partial charge is 0.254 e. The number of aryl methyl sites for hydroxylation is 2. The second kappa shape index (κ2) is 8.86. The highest BCUT2D eigenvalue weighted by Crippen LogP contribution is 2.23. The number of aromatic nitrogens is 1. The Labute approximate surface area is 172 Å². The minimum atomic E-state index is -0.228. The molecule has 2 aromatic rings. The predicted octanol–water partition coefficient (Wildman–Crippen LogP) is 4.94. The third kappa shape index (κ3) is 5.41. The van der Waals surface area contributed by atoms with Crippen LogP contribution in [0.4, 0.5) is 5.13 Å². The summed E-state index contributed by atoms with van der Waals surface area (Å²) in [6.07, 6.45) is 0.772. The van der Waals surface area contributed by atoms with Gasteiger partial charge in [-0.05, 0) is 50.3 Å². The molecule has 0 unspecified atom stereocenters. The van der Waals surface area contributed by atoms with E-state index in [1.54, 1.807) is 4.90 Å². The number of carbonyl (C=O) groups excluding carboxylic acids is 2. The largest absolute Gasteiger partial charge is 0.327 e. The molecule has 152 valence electrons. The van der Waals surface area contributed by atoms with Crippen molar-refractivity contribution in [1.29, 1.82) is 0 Å². The maximum absolute atomic E-state index is 13.1. The van der Waals surface area contributed by atoms with E-state index in [0.29, 0.717) is 10.7 Å². The van der Waals surface area contributed by atoms with Gasteiger partial charge in [-0.3, -0.25) is 9.59 Å². The fourth-order valence-corrected chi connectivity index (χ4v) is 3.60. The number of benzene rings is 1. The Morgan fingerprint density at radius 1 is 1.18 bits per heavy atom. The molecule has 0 saturated carbocycles. The number of rotatable bonds is 6. The Hall–Kier alpha value is -2.21. The number of hydrogen-bond donors (Lipinski definition) is 1. The summed E-state index contributed by atoms with van der Waals surface area (Å²) in [6, 6.07) is 7.64. The molecule has 1 atom stereocenters. The Morgan fingerprint density at radius 3 is 2.25 bits per heavy atom. The van der Waals surface area contributed by atoms with E-state index in [2.05, 4.69) is 31.1 Å². The molecule has 0 spiro atoms. The standard InChI is InChI=1S/C22H31N3O2S/c1-8-14(2)25(13-19(26)24-21-23-15(3)16(4)28-21)20(27)17-9-11-18(12-10-17)22(5,6)7/h9-12,14H,8,13H2,1-7H3,(H,23,24,26)/t14-/m0/s1. The Kier molecular flexibility index (Phi) is 6.99. The van der Waals surface area contributed by atoms with Crippen LogP contribution in [0.5, 0.6) is 0 Å². The average molecular weight is 402 g/mol. The van der Waals surface area contributed by atoms with E-state index < -0.39 is 0 Å². The molecule has 1 aromatic heterocycles. The van der Waals surface area contributed by atoms with E-state index in [-0.39, 0.29) is 29.8 Å². The molecular weight excluding hydrogens is 370 g/mol. The summed E-state index contributed by atoms with van der Waals surface area (Å²) in [7, 11) is 0. The first-order valence-electron chi connectivity index (χ1n) is 9.68. The van der Waals surface area contributed by atoms with Crippen LogP contribution >= 0.6 is 11.3 Å². The summed E-state index contributed by atoms with van der Waals surface area (Å²) in [4.78, 5) is 32.7. The van der Waals surface area contributed by atoms with Crippen molar-refractivity contribution < 1.29 is 9.59 Å². The van der Waals surface area contributed by atoms with Gasteiger partial charge in [-0.15, -0.1) is 11.3 Å². The summed E-state index contributed by atoms with van der Waals surface area (Å²) >= 11 is 1.45. The SMILES string of the molecule is CC[C@H](C)N(CC(=O)Nc1nc(C)c(C)s1)C(=O)c1ccc(C(C)(C)C)cc1. The van der Waals surface area contributed by atoms with Crippen LogP contribution in [0.2, 0.25) is 0 Å². The lowest BCUT2D eigenvalue weighted by molar-refractivity contribution is -0.117. The lowest BCUT2D eigenvalue weighted by Gasteiger charge is -2.28. The van der Waals surface area contributed by atoms with E-state index in [4.69, 9.17) is 0 Å². The van der Waals surface area contributed by atoms with Crippen molar-refractivity contribution in [3.63, 3.8) is 0 Å². The lowest BCUT2D eigenvalue weighted by Crippen LogP contribution is -2.43. The van der Waals surface area contributed by atoms with Crippen LogP contribution in [0, 0.1) is 13.8 Å². The highest BCUT2D eigenvalue weighted by Gasteiger charge is 2.24. The minimum absolute atomic E-state index is 0.00649. The van der Waals surface area contributed by atoms with Crippen LogP contribution in [0.1, 0.15) is 67.5 Å². The molecule has 6 heteroatoms. The second-order valence-corrected chi connectivity index (χ2v) is 9.43. The highest BCUT2D eigenvalue weighted by atomic mass is 32.1. The van der Waals surface area contributed by atoms with Gasteiger partial charge in [0.25, 0.3) is 5.91 Å². The van der Waals surface area contributed by atoms with Gasteiger partial charge < -0.3 is 10.2 Å². The Balaban J connectivity index is 2.15. The van der Waals surface area contributed by atoms with E-state index in [1.165, 1.54) is 16.9 Å². The summed E-state index contributed by atoms with van der Waals surface area (Å²) in [5.41, 5.74) is 2.71. The first-order valence-corrected chi connectivity index (χ1v) is 10.5. The minimum Gasteiger partial charge on any atom is -0.327 e. The van der Waals surface area contributed by atoms with Crippen molar-refractivity contribution in [3.8, 4) is 0 Å².